The zero-order valence-corrected chi connectivity index (χ0v) is 14.9. The number of hydrogen-bond acceptors (Lipinski definition) is 6. The smallest absolute Gasteiger partial charge is 0.284 e. The molecule has 0 saturated carbocycles. The Hall–Kier alpha value is -3.48. The van der Waals surface area contributed by atoms with Crippen LogP contribution in [0.15, 0.2) is 60.2 Å². The van der Waals surface area contributed by atoms with Crippen LogP contribution in [0.1, 0.15) is 5.56 Å². The van der Waals surface area contributed by atoms with Crippen molar-refractivity contribution in [2.45, 2.75) is 6.10 Å². The van der Waals surface area contributed by atoms with Crippen molar-refractivity contribution >= 4 is 12.1 Å². The molecule has 1 amide bonds. The van der Waals surface area contributed by atoms with Gasteiger partial charge in [0.1, 0.15) is 13.2 Å². The first kappa shape index (κ1) is 18.3. The summed E-state index contributed by atoms with van der Waals surface area (Å²) in [5.41, 5.74) is 3.20. The van der Waals surface area contributed by atoms with Gasteiger partial charge in [0, 0.05) is 0 Å². The predicted molar refractivity (Wildman–Crippen MR) is 101 cm³/mol. The maximum atomic E-state index is 12.2. The third-order valence-corrected chi connectivity index (χ3v) is 3.73. The van der Waals surface area contributed by atoms with Crippen molar-refractivity contribution in [3.05, 3.63) is 60.7 Å². The second-order valence-corrected chi connectivity index (χ2v) is 5.61. The number of para-hydroxylation sites is 2. The Morgan fingerprint density at radius 2 is 2.11 bits per heavy atom. The number of benzene rings is 2. The van der Waals surface area contributed by atoms with Gasteiger partial charge in [-0.3, -0.25) is 4.79 Å². The van der Waals surface area contributed by atoms with E-state index in [-0.39, 0.29) is 6.61 Å². The lowest BCUT2D eigenvalue weighted by Crippen LogP contribution is -2.42. The monoisotopic (exact) mass is 368 g/mol. The molecule has 2 aromatic rings. The van der Waals surface area contributed by atoms with Gasteiger partial charge in [0.25, 0.3) is 5.91 Å². The van der Waals surface area contributed by atoms with Crippen LogP contribution in [0.3, 0.4) is 0 Å². The van der Waals surface area contributed by atoms with Crippen molar-refractivity contribution in [2.24, 2.45) is 5.10 Å². The molecule has 3 rings (SSSR count). The molecule has 0 radical (unpaired) electrons. The maximum absolute atomic E-state index is 12.2. The van der Waals surface area contributed by atoms with Crippen LogP contribution >= 0.6 is 0 Å². The van der Waals surface area contributed by atoms with E-state index in [4.69, 9.17) is 18.9 Å². The summed E-state index contributed by atoms with van der Waals surface area (Å²) in [4.78, 5) is 12.2. The Morgan fingerprint density at radius 1 is 1.30 bits per heavy atom. The van der Waals surface area contributed by atoms with Gasteiger partial charge in [0.2, 0.25) is 6.10 Å². The standard InChI is InChI=1S/C20H20N2O5/c1-3-10-25-16-9-8-14(11-18(16)24-2)12-21-22-20(23)19-13-26-15-6-4-5-7-17(15)27-19/h3-9,11-12,19H,1,10,13H2,2H3,(H,22,23)/b21-12-. The average molecular weight is 368 g/mol. The van der Waals surface area contributed by atoms with Crippen LogP contribution in [-0.2, 0) is 4.79 Å². The van der Waals surface area contributed by atoms with Crippen molar-refractivity contribution in [3.63, 3.8) is 0 Å². The van der Waals surface area contributed by atoms with Crippen molar-refractivity contribution < 1.29 is 23.7 Å². The molecule has 0 fully saturated rings. The van der Waals surface area contributed by atoms with Gasteiger partial charge < -0.3 is 18.9 Å². The Morgan fingerprint density at radius 3 is 2.89 bits per heavy atom. The number of carbonyl (C=O) groups is 1. The summed E-state index contributed by atoms with van der Waals surface area (Å²) in [5, 5.41) is 3.97. The largest absolute Gasteiger partial charge is 0.493 e. The molecule has 1 aliphatic rings. The summed E-state index contributed by atoms with van der Waals surface area (Å²) in [6.45, 7) is 4.12. The normalized spacial score (nSPS) is 15.2. The molecule has 0 saturated heterocycles. The zero-order valence-electron chi connectivity index (χ0n) is 14.9. The van der Waals surface area contributed by atoms with Crippen LogP contribution in [0.2, 0.25) is 0 Å². The van der Waals surface area contributed by atoms with Crippen LogP contribution in [0, 0.1) is 0 Å². The summed E-state index contributed by atoms with van der Waals surface area (Å²) in [7, 11) is 1.55. The molecule has 0 aromatic heterocycles. The first-order valence-electron chi connectivity index (χ1n) is 8.34. The van der Waals surface area contributed by atoms with Crippen molar-refractivity contribution in [1.29, 1.82) is 0 Å². The minimum atomic E-state index is -0.763. The topological polar surface area (TPSA) is 78.4 Å². The number of nitrogens with zero attached hydrogens (tertiary/aromatic N) is 1. The second kappa shape index (κ2) is 8.75. The first-order chi connectivity index (χ1) is 13.2. The molecule has 1 aliphatic heterocycles. The number of ether oxygens (including phenoxy) is 4. The van der Waals surface area contributed by atoms with E-state index in [2.05, 4.69) is 17.1 Å². The lowest BCUT2D eigenvalue weighted by Gasteiger charge is -2.24. The van der Waals surface area contributed by atoms with Crippen LogP contribution < -0.4 is 24.4 Å². The number of rotatable bonds is 7. The van der Waals surface area contributed by atoms with E-state index in [0.717, 1.165) is 5.56 Å². The van der Waals surface area contributed by atoms with Gasteiger partial charge in [-0.1, -0.05) is 24.8 Å². The summed E-state index contributed by atoms with van der Waals surface area (Å²) in [6, 6.07) is 12.5. The van der Waals surface area contributed by atoms with Gasteiger partial charge in [-0.2, -0.15) is 5.10 Å². The van der Waals surface area contributed by atoms with E-state index >= 15 is 0 Å². The molecule has 2 aromatic carbocycles. The van der Waals surface area contributed by atoms with Crippen molar-refractivity contribution in [3.8, 4) is 23.0 Å². The van der Waals surface area contributed by atoms with Gasteiger partial charge >= 0.3 is 0 Å². The van der Waals surface area contributed by atoms with E-state index in [1.165, 1.54) is 6.21 Å². The molecule has 27 heavy (non-hydrogen) atoms. The zero-order chi connectivity index (χ0) is 19.1. The Kier molecular flexibility index (Phi) is 5.94. The molecule has 1 atom stereocenters. The highest BCUT2D eigenvalue weighted by Crippen LogP contribution is 2.31. The molecular formula is C20H20N2O5. The van der Waals surface area contributed by atoms with Gasteiger partial charge in [0.15, 0.2) is 23.0 Å². The highest BCUT2D eigenvalue weighted by Gasteiger charge is 2.26. The Labute approximate surface area is 157 Å². The molecule has 140 valence electrons. The van der Waals surface area contributed by atoms with E-state index in [0.29, 0.717) is 29.6 Å². The van der Waals surface area contributed by atoms with E-state index in [9.17, 15) is 4.79 Å². The highest BCUT2D eigenvalue weighted by molar-refractivity contribution is 5.85. The Bertz CT molecular complexity index is 850. The number of nitrogens with one attached hydrogen (secondary N) is 1. The fraction of sp³-hybridized carbons (Fsp3) is 0.200. The summed E-state index contributed by atoms with van der Waals surface area (Å²) in [6.07, 6.45) is 2.40. The van der Waals surface area contributed by atoms with Gasteiger partial charge in [-0.05, 0) is 35.9 Å². The Balaban J connectivity index is 1.59. The molecule has 7 heteroatoms. The number of carbonyl (C=O) groups excluding carboxylic acids is 1. The minimum Gasteiger partial charge on any atom is -0.493 e. The number of amides is 1. The maximum Gasteiger partial charge on any atom is 0.284 e. The van der Waals surface area contributed by atoms with Crippen LogP contribution in [0.4, 0.5) is 0 Å². The summed E-state index contributed by atoms with van der Waals surface area (Å²) >= 11 is 0. The lowest BCUT2D eigenvalue weighted by molar-refractivity contribution is -0.130. The molecule has 7 nitrogen and oxygen atoms in total. The third kappa shape index (κ3) is 4.58. The number of fused-ring (bicyclic) bond motifs is 1. The summed E-state index contributed by atoms with van der Waals surface area (Å²) < 4.78 is 21.9. The first-order valence-corrected chi connectivity index (χ1v) is 8.34. The van der Waals surface area contributed by atoms with E-state index in [1.807, 2.05) is 12.1 Å². The van der Waals surface area contributed by atoms with Crippen LogP contribution in [0.25, 0.3) is 0 Å². The third-order valence-electron chi connectivity index (χ3n) is 3.73. The second-order valence-electron chi connectivity index (χ2n) is 5.61. The fourth-order valence-electron chi connectivity index (χ4n) is 2.42. The quantitative estimate of drug-likeness (QED) is 0.462. The SMILES string of the molecule is C=CCOc1ccc(/C=N\NC(=O)C2COc3ccccc3O2)cc1OC. The van der Waals surface area contributed by atoms with Gasteiger partial charge in [-0.15, -0.1) is 0 Å². The number of methoxy groups -OCH3 is 1. The fourth-order valence-corrected chi connectivity index (χ4v) is 2.42. The predicted octanol–water partition coefficient (Wildman–Crippen LogP) is 2.55. The molecule has 0 bridgehead atoms. The highest BCUT2D eigenvalue weighted by atomic mass is 16.6. The molecular weight excluding hydrogens is 348 g/mol. The molecule has 0 spiro atoms. The molecule has 1 N–H and O–H groups in total. The van der Waals surface area contributed by atoms with E-state index < -0.39 is 12.0 Å². The van der Waals surface area contributed by atoms with Gasteiger partial charge in [0.05, 0.1) is 13.3 Å². The van der Waals surface area contributed by atoms with Crippen molar-refractivity contribution in [1.82, 2.24) is 5.43 Å². The number of hydrogen-bond donors (Lipinski definition) is 1. The number of hydrazone groups is 1. The lowest BCUT2D eigenvalue weighted by atomic mass is 10.2. The van der Waals surface area contributed by atoms with Crippen LogP contribution in [0.5, 0.6) is 23.0 Å². The molecule has 1 unspecified atom stereocenters. The molecule has 1 heterocycles. The van der Waals surface area contributed by atoms with Crippen molar-refractivity contribution in [2.75, 3.05) is 20.3 Å². The average Bonchev–Trinajstić information content (AvgIpc) is 2.72. The minimum absolute atomic E-state index is 0.127. The van der Waals surface area contributed by atoms with E-state index in [1.54, 1.807) is 43.5 Å². The van der Waals surface area contributed by atoms with Gasteiger partial charge in [-0.25, -0.2) is 5.43 Å². The molecule has 0 aliphatic carbocycles. The summed E-state index contributed by atoms with van der Waals surface area (Å²) in [5.74, 6) is 1.93. The van der Waals surface area contributed by atoms with Crippen LogP contribution in [-0.4, -0.2) is 38.5 Å².